The Labute approximate surface area is 124 Å². The van der Waals surface area contributed by atoms with E-state index in [1.807, 2.05) is 42.8 Å². The van der Waals surface area contributed by atoms with E-state index in [1.165, 1.54) is 11.3 Å². The quantitative estimate of drug-likeness (QED) is 0.740. The van der Waals surface area contributed by atoms with Crippen LogP contribution >= 0.6 is 11.3 Å². The summed E-state index contributed by atoms with van der Waals surface area (Å²) in [6.07, 6.45) is 3.79. The van der Waals surface area contributed by atoms with Gasteiger partial charge in [-0.2, -0.15) is 0 Å². The van der Waals surface area contributed by atoms with E-state index in [1.54, 1.807) is 4.90 Å². The molecule has 0 aliphatic heterocycles. The van der Waals surface area contributed by atoms with Crippen LogP contribution < -0.4 is 4.90 Å². The van der Waals surface area contributed by atoms with Crippen LogP contribution in [0, 0.1) is 0 Å². The third kappa shape index (κ3) is 3.67. The summed E-state index contributed by atoms with van der Waals surface area (Å²) in [5.74, 6) is 0.146. The molecule has 1 aromatic carbocycles. The Morgan fingerprint density at radius 2 is 2.00 bits per heavy atom. The first-order chi connectivity index (χ1) is 9.72. The van der Waals surface area contributed by atoms with Gasteiger partial charge in [-0.25, -0.2) is 4.98 Å². The molecule has 2 aromatic rings. The molecule has 0 bridgehead atoms. The molecule has 3 nitrogen and oxygen atoms in total. The number of thiazole rings is 1. The third-order valence-corrected chi connectivity index (χ3v) is 4.13. The van der Waals surface area contributed by atoms with Gasteiger partial charge in [-0.1, -0.05) is 50.1 Å². The summed E-state index contributed by atoms with van der Waals surface area (Å²) >= 11 is 1.51. The highest BCUT2D eigenvalue weighted by Gasteiger charge is 2.14. The highest BCUT2D eigenvalue weighted by molar-refractivity contribution is 7.14. The van der Waals surface area contributed by atoms with Gasteiger partial charge in [-0.3, -0.25) is 9.69 Å². The van der Waals surface area contributed by atoms with Crippen LogP contribution in [-0.2, 0) is 4.79 Å². The van der Waals surface area contributed by atoms with Crippen molar-refractivity contribution in [2.24, 2.45) is 0 Å². The lowest BCUT2D eigenvalue weighted by Crippen LogP contribution is -2.25. The second-order valence-corrected chi connectivity index (χ2v) is 5.63. The molecule has 106 valence electrons. The maximum atomic E-state index is 12.1. The lowest BCUT2D eigenvalue weighted by Gasteiger charge is -2.13. The molecule has 0 unspecified atom stereocenters. The Balaban J connectivity index is 2.03. The van der Waals surface area contributed by atoms with E-state index in [-0.39, 0.29) is 5.91 Å². The number of benzene rings is 1. The van der Waals surface area contributed by atoms with E-state index in [2.05, 4.69) is 11.9 Å². The highest BCUT2D eigenvalue weighted by Crippen LogP contribution is 2.27. The minimum Gasteiger partial charge on any atom is -0.291 e. The molecule has 0 aliphatic carbocycles. The first kappa shape index (κ1) is 14.7. The molecule has 0 spiro atoms. The maximum Gasteiger partial charge on any atom is 0.228 e. The molecule has 0 saturated carbocycles. The van der Waals surface area contributed by atoms with Gasteiger partial charge in [0.1, 0.15) is 0 Å². The van der Waals surface area contributed by atoms with E-state index >= 15 is 0 Å². The van der Waals surface area contributed by atoms with Crippen LogP contribution in [0.25, 0.3) is 11.3 Å². The Bertz CT molecular complexity index is 551. The molecule has 20 heavy (non-hydrogen) atoms. The number of rotatable bonds is 6. The number of carbonyl (C=O) groups excluding carboxylic acids is 1. The second kappa shape index (κ2) is 7.20. The predicted octanol–water partition coefficient (Wildman–Crippen LogP) is 4.35. The minimum absolute atomic E-state index is 0.146. The summed E-state index contributed by atoms with van der Waals surface area (Å²) in [7, 11) is 1.81. The predicted molar refractivity (Wildman–Crippen MR) is 85.1 cm³/mol. The SMILES string of the molecule is CCCCCC(=O)N(C)c1nc(-c2ccccc2)cs1. The van der Waals surface area contributed by atoms with Crippen molar-refractivity contribution in [2.75, 3.05) is 11.9 Å². The number of hydrogen-bond donors (Lipinski definition) is 0. The third-order valence-electron chi connectivity index (χ3n) is 3.22. The summed E-state index contributed by atoms with van der Waals surface area (Å²) < 4.78 is 0. The summed E-state index contributed by atoms with van der Waals surface area (Å²) in [4.78, 5) is 18.3. The zero-order valence-corrected chi connectivity index (χ0v) is 12.8. The Morgan fingerprint density at radius 3 is 2.70 bits per heavy atom. The van der Waals surface area contributed by atoms with Gasteiger partial charge in [0, 0.05) is 24.4 Å². The molecule has 0 radical (unpaired) electrons. The lowest BCUT2D eigenvalue weighted by atomic mass is 10.2. The molecule has 1 heterocycles. The fourth-order valence-corrected chi connectivity index (χ4v) is 2.78. The molecule has 0 atom stereocenters. The highest BCUT2D eigenvalue weighted by atomic mass is 32.1. The van der Waals surface area contributed by atoms with Crippen LogP contribution in [0.1, 0.15) is 32.6 Å². The van der Waals surface area contributed by atoms with Gasteiger partial charge in [0.2, 0.25) is 5.91 Å². The summed E-state index contributed by atoms with van der Waals surface area (Å²) in [5.41, 5.74) is 2.01. The molecule has 0 saturated heterocycles. The van der Waals surface area contributed by atoms with Crippen molar-refractivity contribution in [1.82, 2.24) is 4.98 Å². The largest absolute Gasteiger partial charge is 0.291 e. The normalized spacial score (nSPS) is 10.5. The van der Waals surface area contributed by atoms with Gasteiger partial charge < -0.3 is 0 Å². The first-order valence-corrected chi connectivity index (χ1v) is 7.88. The number of aromatic nitrogens is 1. The number of carbonyl (C=O) groups is 1. The zero-order chi connectivity index (χ0) is 14.4. The summed E-state index contributed by atoms with van der Waals surface area (Å²) in [6, 6.07) is 10.0. The van der Waals surface area contributed by atoms with Crippen LogP contribution in [-0.4, -0.2) is 17.9 Å². The molecule has 0 fully saturated rings. The second-order valence-electron chi connectivity index (χ2n) is 4.79. The monoisotopic (exact) mass is 288 g/mol. The maximum absolute atomic E-state index is 12.1. The van der Waals surface area contributed by atoms with Gasteiger partial charge in [-0.15, -0.1) is 11.3 Å². The molecular formula is C16H20N2OS. The fraction of sp³-hybridized carbons (Fsp3) is 0.375. The van der Waals surface area contributed by atoms with Crippen LogP contribution in [0.4, 0.5) is 5.13 Å². The molecule has 1 amide bonds. The van der Waals surface area contributed by atoms with E-state index in [9.17, 15) is 4.79 Å². The average molecular weight is 288 g/mol. The topological polar surface area (TPSA) is 33.2 Å². The summed E-state index contributed by atoms with van der Waals surface area (Å²) in [5, 5.41) is 2.77. The van der Waals surface area contributed by atoms with Crippen LogP contribution in [0.2, 0.25) is 0 Å². The van der Waals surface area contributed by atoms with Crippen molar-refractivity contribution in [2.45, 2.75) is 32.6 Å². The fourth-order valence-electron chi connectivity index (χ4n) is 1.96. The van der Waals surface area contributed by atoms with Crippen molar-refractivity contribution >= 4 is 22.4 Å². The molecule has 2 rings (SSSR count). The van der Waals surface area contributed by atoms with E-state index in [4.69, 9.17) is 0 Å². The number of nitrogens with zero attached hydrogens (tertiary/aromatic N) is 2. The number of anilines is 1. The van der Waals surface area contributed by atoms with E-state index in [0.29, 0.717) is 6.42 Å². The van der Waals surface area contributed by atoms with Gasteiger partial charge in [0.05, 0.1) is 5.69 Å². The van der Waals surface area contributed by atoms with Crippen molar-refractivity contribution in [3.05, 3.63) is 35.7 Å². The number of hydrogen-bond acceptors (Lipinski definition) is 3. The lowest BCUT2D eigenvalue weighted by molar-refractivity contribution is -0.118. The molecule has 0 N–H and O–H groups in total. The van der Waals surface area contributed by atoms with Gasteiger partial charge >= 0.3 is 0 Å². The van der Waals surface area contributed by atoms with E-state index < -0.39 is 0 Å². The van der Waals surface area contributed by atoms with Crippen molar-refractivity contribution < 1.29 is 4.79 Å². The van der Waals surface area contributed by atoms with Gasteiger partial charge in [-0.05, 0) is 6.42 Å². The Hall–Kier alpha value is -1.68. The van der Waals surface area contributed by atoms with Gasteiger partial charge in [0.25, 0.3) is 0 Å². The van der Waals surface area contributed by atoms with Crippen LogP contribution in [0.15, 0.2) is 35.7 Å². The number of amides is 1. The minimum atomic E-state index is 0.146. The molecule has 1 aromatic heterocycles. The molecule has 4 heteroatoms. The van der Waals surface area contributed by atoms with Gasteiger partial charge in [0.15, 0.2) is 5.13 Å². The Morgan fingerprint density at radius 1 is 1.25 bits per heavy atom. The van der Waals surface area contributed by atoms with Crippen molar-refractivity contribution in [3.8, 4) is 11.3 Å². The van der Waals surface area contributed by atoms with E-state index in [0.717, 1.165) is 35.7 Å². The number of unbranched alkanes of at least 4 members (excludes halogenated alkanes) is 2. The Kier molecular flexibility index (Phi) is 5.30. The molecule has 0 aliphatic rings. The van der Waals surface area contributed by atoms with Crippen molar-refractivity contribution in [1.29, 1.82) is 0 Å². The average Bonchev–Trinajstić information content (AvgIpc) is 2.97. The molecular weight excluding hydrogens is 268 g/mol. The first-order valence-electron chi connectivity index (χ1n) is 7.00. The summed E-state index contributed by atoms with van der Waals surface area (Å²) in [6.45, 7) is 2.14. The van der Waals surface area contributed by atoms with Crippen LogP contribution in [0.5, 0.6) is 0 Å². The smallest absolute Gasteiger partial charge is 0.228 e. The van der Waals surface area contributed by atoms with Crippen LogP contribution in [0.3, 0.4) is 0 Å². The van der Waals surface area contributed by atoms with Crippen molar-refractivity contribution in [3.63, 3.8) is 0 Å². The zero-order valence-electron chi connectivity index (χ0n) is 12.0. The standard InChI is InChI=1S/C16H20N2OS/c1-3-4-6-11-15(19)18(2)16-17-14(12-20-16)13-9-7-5-8-10-13/h5,7-10,12H,3-4,6,11H2,1-2H3.